The molecule has 2 aromatic carbocycles. The monoisotopic (exact) mass is 353 g/mol. The van der Waals surface area contributed by atoms with Crippen LogP contribution in [0.25, 0.3) is 0 Å². The molecule has 7 nitrogen and oxygen atoms in total. The molecular formula is C17H15N5O2S. The Kier molecular flexibility index (Phi) is 5.10. The molecule has 1 heterocycles. The van der Waals surface area contributed by atoms with E-state index in [0.29, 0.717) is 22.6 Å². The number of aromatic nitrogens is 3. The molecule has 8 heteroatoms. The van der Waals surface area contributed by atoms with Crippen LogP contribution in [0.5, 0.6) is 0 Å². The lowest BCUT2D eigenvalue weighted by Gasteiger charge is -2.01. The van der Waals surface area contributed by atoms with E-state index in [0.717, 1.165) is 6.42 Å². The van der Waals surface area contributed by atoms with Gasteiger partial charge in [0.15, 0.2) is 5.82 Å². The third-order valence-corrected chi connectivity index (χ3v) is 3.87. The lowest BCUT2D eigenvalue weighted by atomic mass is 10.1. The van der Waals surface area contributed by atoms with Crippen LogP contribution in [0.2, 0.25) is 0 Å². The van der Waals surface area contributed by atoms with Gasteiger partial charge >= 0.3 is 0 Å². The number of H-pyrrole nitrogens is 1. The number of nitro benzene ring substituents is 1. The van der Waals surface area contributed by atoms with E-state index in [1.807, 2.05) is 18.2 Å². The number of nitro groups is 1. The van der Waals surface area contributed by atoms with Gasteiger partial charge in [-0.05, 0) is 24.2 Å². The van der Waals surface area contributed by atoms with Crippen molar-refractivity contribution in [3.63, 3.8) is 0 Å². The number of hydrogen-bond acceptors (Lipinski definition) is 5. The average molecular weight is 353 g/mol. The predicted molar refractivity (Wildman–Crippen MR) is 97.4 cm³/mol. The molecule has 0 aliphatic carbocycles. The van der Waals surface area contributed by atoms with Gasteiger partial charge < -0.3 is 0 Å². The van der Waals surface area contributed by atoms with Crippen molar-refractivity contribution >= 4 is 24.1 Å². The molecule has 0 saturated heterocycles. The van der Waals surface area contributed by atoms with Crippen molar-refractivity contribution in [3.8, 4) is 0 Å². The highest BCUT2D eigenvalue weighted by Gasteiger charge is 2.07. The first kappa shape index (κ1) is 16.7. The summed E-state index contributed by atoms with van der Waals surface area (Å²) in [5.41, 5.74) is 1.83. The topological polar surface area (TPSA) is 89.1 Å². The first-order valence-corrected chi connectivity index (χ1v) is 8.03. The number of rotatable bonds is 6. The minimum atomic E-state index is -0.438. The molecule has 0 saturated carbocycles. The zero-order valence-corrected chi connectivity index (χ0v) is 14.0. The standard InChI is InChI=1S/C17H15N5O2S/c23-22(24)15-8-4-7-14(11-15)12-18-21-16(19-20-17(21)25)10-9-13-5-2-1-3-6-13/h1-8,11-12H,9-10H2,(H,20,25)/b18-12+. The fourth-order valence-corrected chi connectivity index (χ4v) is 2.55. The van der Waals surface area contributed by atoms with Crippen LogP contribution in [0.1, 0.15) is 17.0 Å². The Morgan fingerprint density at radius 1 is 1.20 bits per heavy atom. The molecule has 25 heavy (non-hydrogen) atoms. The van der Waals surface area contributed by atoms with E-state index in [1.165, 1.54) is 28.6 Å². The molecule has 0 fully saturated rings. The molecule has 126 valence electrons. The van der Waals surface area contributed by atoms with E-state index < -0.39 is 4.92 Å². The Balaban J connectivity index is 1.78. The molecule has 3 aromatic rings. The molecule has 3 rings (SSSR count). The van der Waals surface area contributed by atoms with E-state index in [9.17, 15) is 10.1 Å². The largest absolute Gasteiger partial charge is 0.270 e. The molecule has 0 radical (unpaired) electrons. The minimum Gasteiger partial charge on any atom is -0.258 e. The van der Waals surface area contributed by atoms with Crippen LogP contribution in [-0.2, 0) is 12.8 Å². The fraction of sp³-hybridized carbons (Fsp3) is 0.118. The van der Waals surface area contributed by atoms with Crippen molar-refractivity contribution in [3.05, 3.63) is 86.4 Å². The number of nitrogens with one attached hydrogen (secondary N) is 1. The lowest BCUT2D eigenvalue weighted by molar-refractivity contribution is -0.384. The maximum atomic E-state index is 10.8. The van der Waals surface area contributed by atoms with Crippen LogP contribution >= 0.6 is 12.2 Å². The van der Waals surface area contributed by atoms with Gasteiger partial charge in [-0.2, -0.15) is 14.9 Å². The van der Waals surface area contributed by atoms with Crippen LogP contribution in [-0.4, -0.2) is 26.0 Å². The summed E-state index contributed by atoms with van der Waals surface area (Å²) >= 11 is 5.21. The van der Waals surface area contributed by atoms with Gasteiger partial charge in [0.2, 0.25) is 4.77 Å². The molecular weight excluding hydrogens is 338 g/mol. The Bertz CT molecular complexity index is 962. The molecule has 1 N–H and O–H groups in total. The molecule has 0 atom stereocenters. The van der Waals surface area contributed by atoms with Crippen molar-refractivity contribution < 1.29 is 4.92 Å². The highest BCUT2D eigenvalue weighted by molar-refractivity contribution is 7.71. The Morgan fingerprint density at radius 3 is 2.76 bits per heavy atom. The van der Waals surface area contributed by atoms with Gasteiger partial charge in [-0.15, -0.1) is 0 Å². The van der Waals surface area contributed by atoms with Crippen LogP contribution in [0, 0.1) is 14.9 Å². The number of nitrogens with zero attached hydrogens (tertiary/aromatic N) is 4. The first-order chi connectivity index (χ1) is 12.1. The van der Waals surface area contributed by atoms with Gasteiger partial charge in [0.05, 0.1) is 11.1 Å². The van der Waals surface area contributed by atoms with Gasteiger partial charge in [0, 0.05) is 24.1 Å². The number of aryl methyl sites for hydroxylation is 2. The highest BCUT2D eigenvalue weighted by atomic mass is 32.1. The van der Waals surface area contributed by atoms with E-state index in [2.05, 4.69) is 27.4 Å². The van der Waals surface area contributed by atoms with Gasteiger partial charge in [0.1, 0.15) is 0 Å². The van der Waals surface area contributed by atoms with Crippen molar-refractivity contribution in [1.29, 1.82) is 0 Å². The van der Waals surface area contributed by atoms with Crippen LogP contribution < -0.4 is 0 Å². The minimum absolute atomic E-state index is 0.0176. The zero-order chi connectivity index (χ0) is 17.6. The molecule has 0 unspecified atom stereocenters. The predicted octanol–water partition coefficient (Wildman–Crippen LogP) is 3.52. The van der Waals surface area contributed by atoms with Crippen molar-refractivity contribution in [2.24, 2.45) is 5.10 Å². The summed E-state index contributed by atoms with van der Waals surface area (Å²) < 4.78 is 1.92. The molecule has 0 aliphatic rings. The summed E-state index contributed by atoms with van der Waals surface area (Å²) in [5, 5.41) is 22.1. The smallest absolute Gasteiger partial charge is 0.258 e. The first-order valence-electron chi connectivity index (χ1n) is 7.62. The van der Waals surface area contributed by atoms with E-state index >= 15 is 0 Å². The molecule has 1 aromatic heterocycles. The number of benzene rings is 2. The summed E-state index contributed by atoms with van der Waals surface area (Å²) in [4.78, 5) is 10.4. The van der Waals surface area contributed by atoms with Gasteiger partial charge in [0.25, 0.3) is 5.69 Å². The van der Waals surface area contributed by atoms with Crippen LogP contribution in [0.4, 0.5) is 5.69 Å². The second-order valence-corrected chi connectivity index (χ2v) is 5.73. The number of non-ortho nitro benzene ring substituents is 1. The second kappa shape index (κ2) is 7.63. The second-order valence-electron chi connectivity index (χ2n) is 5.34. The van der Waals surface area contributed by atoms with Crippen LogP contribution in [0.15, 0.2) is 59.7 Å². The fourth-order valence-electron chi connectivity index (χ4n) is 2.35. The maximum Gasteiger partial charge on any atom is 0.270 e. The maximum absolute atomic E-state index is 10.8. The Morgan fingerprint density at radius 2 is 2.00 bits per heavy atom. The Labute approximate surface area is 148 Å². The van der Waals surface area contributed by atoms with Crippen LogP contribution in [0.3, 0.4) is 0 Å². The molecule has 0 aliphatic heterocycles. The SMILES string of the molecule is O=[N+]([O-])c1cccc(/C=N/n2c(CCc3ccccc3)n[nH]c2=S)c1. The van der Waals surface area contributed by atoms with Crippen molar-refractivity contribution in [1.82, 2.24) is 14.9 Å². The number of hydrogen-bond donors (Lipinski definition) is 1. The summed E-state index contributed by atoms with van der Waals surface area (Å²) in [6.45, 7) is 0. The third kappa shape index (κ3) is 4.24. The quantitative estimate of drug-likeness (QED) is 0.318. The summed E-state index contributed by atoms with van der Waals surface area (Å²) in [5.74, 6) is 0.704. The van der Waals surface area contributed by atoms with Crippen molar-refractivity contribution in [2.75, 3.05) is 0 Å². The molecule has 0 spiro atoms. The highest BCUT2D eigenvalue weighted by Crippen LogP contribution is 2.12. The van der Waals surface area contributed by atoms with E-state index in [-0.39, 0.29) is 5.69 Å². The Hall–Kier alpha value is -3.13. The van der Waals surface area contributed by atoms with Gasteiger partial charge in [-0.3, -0.25) is 15.2 Å². The van der Waals surface area contributed by atoms with Gasteiger partial charge in [-0.25, -0.2) is 0 Å². The van der Waals surface area contributed by atoms with E-state index in [4.69, 9.17) is 12.2 Å². The van der Waals surface area contributed by atoms with E-state index in [1.54, 1.807) is 12.1 Å². The summed E-state index contributed by atoms with van der Waals surface area (Å²) in [7, 11) is 0. The lowest BCUT2D eigenvalue weighted by Crippen LogP contribution is -2.01. The molecule has 0 amide bonds. The summed E-state index contributed by atoms with van der Waals surface area (Å²) in [6.07, 6.45) is 3.01. The average Bonchev–Trinajstić information content (AvgIpc) is 2.99. The normalized spacial score (nSPS) is 11.0. The number of aromatic amines is 1. The third-order valence-electron chi connectivity index (χ3n) is 3.60. The van der Waals surface area contributed by atoms with Gasteiger partial charge in [-0.1, -0.05) is 42.5 Å². The van der Waals surface area contributed by atoms with Crippen molar-refractivity contribution in [2.45, 2.75) is 12.8 Å². The molecule has 0 bridgehead atoms. The zero-order valence-electron chi connectivity index (χ0n) is 13.2. The summed E-state index contributed by atoms with van der Waals surface area (Å²) in [6, 6.07) is 16.3.